The van der Waals surface area contributed by atoms with Crippen LogP contribution < -0.4 is 9.80 Å². The topological polar surface area (TPSA) is 78.9 Å². The van der Waals surface area contributed by atoms with Crippen LogP contribution in [0.1, 0.15) is 52.5 Å². The summed E-state index contributed by atoms with van der Waals surface area (Å²) in [4.78, 5) is 40.7. The van der Waals surface area contributed by atoms with Crippen molar-refractivity contribution in [2.45, 2.75) is 50.7 Å². The van der Waals surface area contributed by atoms with E-state index in [2.05, 4.69) is 9.88 Å². The Bertz CT molecular complexity index is 1510. The van der Waals surface area contributed by atoms with Gasteiger partial charge >= 0.3 is 12.1 Å². The summed E-state index contributed by atoms with van der Waals surface area (Å²) in [7, 11) is 0. The number of aryl methyl sites for hydroxylation is 1. The molecule has 1 atom stereocenters. The number of rotatable bonds is 8. The molecule has 45 heavy (non-hydrogen) atoms. The molecule has 2 aromatic carbocycles. The molecule has 0 spiro atoms. The number of likely N-dealkylation sites (tertiary alicyclic amines) is 1. The Kier molecular flexibility index (Phi) is 10.2. The van der Waals surface area contributed by atoms with Crippen LogP contribution in [-0.2, 0) is 21.5 Å². The number of alkyl halides is 3. The average Bonchev–Trinajstić information content (AvgIpc) is 3.05. The zero-order valence-corrected chi connectivity index (χ0v) is 26.6. The molecular formula is C33H38F3N5O3S. The van der Waals surface area contributed by atoms with Crippen molar-refractivity contribution in [1.29, 1.82) is 0 Å². The van der Waals surface area contributed by atoms with Crippen LogP contribution in [0.25, 0.3) is 0 Å². The average molecular weight is 642 g/mol. The smallest absolute Gasteiger partial charge is 0.416 e. The Morgan fingerprint density at radius 2 is 1.69 bits per heavy atom. The van der Waals surface area contributed by atoms with Crippen molar-refractivity contribution < 1.29 is 27.5 Å². The Morgan fingerprint density at radius 3 is 2.38 bits per heavy atom. The van der Waals surface area contributed by atoms with E-state index in [1.807, 2.05) is 43.0 Å². The lowest BCUT2D eigenvalue weighted by molar-refractivity contribution is -0.149. The number of ether oxygens (including phenoxy) is 1. The molecule has 240 valence electrons. The molecule has 0 saturated carbocycles. The van der Waals surface area contributed by atoms with Crippen molar-refractivity contribution in [2.24, 2.45) is 5.92 Å². The molecule has 1 aromatic heterocycles. The van der Waals surface area contributed by atoms with E-state index in [-0.39, 0.29) is 17.8 Å². The number of nitrogens with zero attached hydrogens (tertiary/aromatic N) is 5. The fourth-order valence-corrected chi connectivity index (χ4v) is 6.55. The van der Waals surface area contributed by atoms with Crippen molar-refractivity contribution >= 4 is 35.1 Å². The summed E-state index contributed by atoms with van der Waals surface area (Å²) in [5, 5.41) is 0.645. The van der Waals surface area contributed by atoms with Crippen molar-refractivity contribution in [1.82, 2.24) is 14.9 Å². The minimum Gasteiger partial charge on any atom is -0.466 e. The predicted molar refractivity (Wildman–Crippen MR) is 169 cm³/mol. The molecule has 12 heteroatoms. The molecule has 5 rings (SSSR count). The predicted octanol–water partition coefficient (Wildman–Crippen LogP) is 6.15. The van der Waals surface area contributed by atoms with Gasteiger partial charge in [0.05, 0.1) is 18.1 Å². The van der Waals surface area contributed by atoms with E-state index in [1.54, 1.807) is 17.9 Å². The van der Waals surface area contributed by atoms with Gasteiger partial charge in [-0.05, 0) is 69.5 Å². The quantitative estimate of drug-likeness (QED) is 0.165. The molecule has 3 heterocycles. The number of hydrogen-bond donors (Lipinski definition) is 0. The number of amides is 1. The van der Waals surface area contributed by atoms with Crippen LogP contribution in [0, 0.1) is 19.8 Å². The molecule has 0 N–H and O–H groups in total. The van der Waals surface area contributed by atoms with Crippen LogP contribution in [0.5, 0.6) is 0 Å². The first-order valence-corrected chi connectivity index (χ1v) is 16.2. The van der Waals surface area contributed by atoms with Gasteiger partial charge in [-0.15, -0.1) is 0 Å². The highest BCUT2D eigenvalue weighted by Gasteiger charge is 2.32. The van der Waals surface area contributed by atoms with Crippen molar-refractivity contribution in [3.05, 3.63) is 76.5 Å². The summed E-state index contributed by atoms with van der Waals surface area (Å²) in [6.07, 6.45) is -2.87. The fraction of sp³-hybridized carbons (Fsp3) is 0.455. The molecule has 2 aliphatic heterocycles. The lowest BCUT2D eigenvalue weighted by atomic mass is 9.97. The molecule has 8 nitrogen and oxygen atoms in total. The van der Waals surface area contributed by atoms with Gasteiger partial charge in [0.2, 0.25) is 0 Å². The number of carbonyl (C=O) groups is 2. The van der Waals surface area contributed by atoms with E-state index < -0.39 is 11.7 Å². The molecule has 0 bridgehead atoms. The van der Waals surface area contributed by atoms with Gasteiger partial charge in [-0.25, -0.2) is 9.97 Å². The lowest BCUT2D eigenvalue weighted by Crippen LogP contribution is -2.47. The second-order valence-corrected chi connectivity index (χ2v) is 12.3. The van der Waals surface area contributed by atoms with Gasteiger partial charge in [0, 0.05) is 67.5 Å². The number of esters is 1. The van der Waals surface area contributed by atoms with Crippen LogP contribution in [0.4, 0.5) is 24.7 Å². The second-order valence-electron chi connectivity index (χ2n) is 11.4. The maximum absolute atomic E-state index is 13.2. The van der Waals surface area contributed by atoms with Crippen molar-refractivity contribution in [3.8, 4) is 0 Å². The van der Waals surface area contributed by atoms with Crippen LogP contribution in [0.15, 0.2) is 53.7 Å². The Balaban J connectivity index is 1.18. The number of piperazine rings is 1. The van der Waals surface area contributed by atoms with E-state index in [9.17, 15) is 22.8 Å². The highest BCUT2D eigenvalue weighted by atomic mass is 32.2. The fourth-order valence-electron chi connectivity index (χ4n) is 5.70. The van der Waals surface area contributed by atoms with Gasteiger partial charge < -0.3 is 19.4 Å². The molecule has 1 amide bonds. The number of thioether (sulfide) groups is 1. The summed E-state index contributed by atoms with van der Waals surface area (Å²) in [6, 6.07) is 13.0. The van der Waals surface area contributed by atoms with E-state index in [0.717, 1.165) is 41.5 Å². The Hall–Kier alpha value is -3.80. The van der Waals surface area contributed by atoms with Gasteiger partial charge in [-0.3, -0.25) is 9.59 Å². The zero-order chi connectivity index (χ0) is 32.1. The SMILES string of the molecule is CCOC(=O)[C@@H]1CCCN(C(=O)c2ccc(CSc3nc(C)c(C)c(N4CCN(c5cccc(C(F)(F)F)c5)CC4)n3)cc2)C1. The summed E-state index contributed by atoms with van der Waals surface area (Å²) in [5.41, 5.74) is 3.41. The maximum Gasteiger partial charge on any atom is 0.416 e. The summed E-state index contributed by atoms with van der Waals surface area (Å²) >= 11 is 1.51. The van der Waals surface area contributed by atoms with Gasteiger partial charge in [0.15, 0.2) is 5.16 Å². The standard InChI is InChI=1S/C33H38F3N5O3S/c1-4-44-31(43)26-7-6-14-41(20-26)30(42)25-12-10-24(11-13-25)21-45-32-37-23(3)22(2)29(38-32)40-17-15-39(16-18-40)28-9-5-8-27(19-28)33(34,35)36/h5,8-13,19,26H,4,6-7,14-18,20-21H2,1-3H3/t26-/m1/s1. The molecule has 2 saturated heterocycles. The highest BCUT2D eigenvalue weighted by Crippen LogP contribution is 2.33. The molecule has 0 aliphatic carbocycles. The summed E-state index contributed by atoms with van der Waals surface area (Å²) in [6.45, 7) is 9.49. The zero-order valence-electron chi connectivity index (χ0n) is 25.8. The first kappa shape index (κ1) is 32.6. The second kappa shape index (κ2) is 14.1. The third-order valence-electron chi connectivity index (χ3n) is 8.36. The monoisotopic (exact) mass is 641 g/mol. The Morgan fingerprint density at radius 1 is 0.978 bits per heavy atom. The van der Waals surface area contributed by atoms with E-state index in [4.69, 9.17) is 9.72 Å². The molecule has 3 aromatic rings. The van der Waals surface area contributed by atoms with Gasteiger partial charge in [0.1, 0.15) is 5.82 Å². The van der Waals surface area contributed by atoms with Crippen LogP contribution >= 0.6 is 11.8 Å². The van der Waals surface area contributed by atoms with Gasteiger partial charge in [-0.2, -0.15) is 13.2 Å². The molecule has 2 fully saturated rings. The molecule has 2 aliphatic rings. The van der Waals surface area contributed by atoms with Crippen LogP contribution in [-0.4, -0.2) is 72.6 Å². The van der Waals surface area contributed by atoms with E-state index >= 15 is 0 Å². The summed E-state index contributed by atoms with van der Waals surface area (Å²) < 4.78 is 44.8. The van der Waals surface area contributed by atoms with Crippen molar-refractivity contribution in [3.63, 3.8) is 0 Å². The number of aromatic nitrogens is 2. The minimum absolute atomic E-state index is 0.0847. The first-order valence-electron chi connectivity index (χ1n) is 15.2. The van der Waals surface area contributed by atoms with E-state index in [0.29, 0.717) is 68.0 Å². The molecule has 0 unspecified atom stereocenters. The number of piperidine rings is 1. The van der Waals surface area contributed by atoms with Crippen molar-refractivity contribution in [2.75, 3.05) is 55.7 Å². The first-order chi connectivity index (χ1) is 21.5. The Labute approximate surface area is 266 Å². The maximum atomic E-state index is 13.2. The van der Waals surface area contributed by atoms with Gasteiger partial charge in [-0.1, -0.05) is 30.0 Å². The number of carbonyl (C=O) groups excluding carboxylic acids is 2. The summed E-state index contributed by atoms with van der Waals surface area (Å²) in [5.74, 6) is 0.863. The number of halogens is 3. The molecular weight excluding hydrogens is 603 g/mol. The number of anilines is 2. The highest BCUT2D eigenvalue weighted by molar-refractivity contribution is 7.98. The van der Waals surface area contributed by atoms with Crippen LogP contribution in [0.2, 0.25) is 0 Å². The lowest BCUT2D eigenvalue weighted by Gasteiger charge is -2.37. The number of benzene rings is 2. The third-order valence-corrected chi connectivity index (χ3v) is 9.28. The molecule has 0 radical (unpaired) electrons. The normalized spacial score (nSPS) is 17.4. The third kappa shape index (κ3) is 7.89. The van der Waals surface area contributed by atoms with Crippen LogP contribution in [0.3, 0.4) is 0 Å². The number of hydrogen-bond acceptors (Lipinski definition) is 8. The minimum atomic E-state index is -4.37. The largest absolute Gasteiger partial charge is 0.466 e. The van der Waals surface area contributed by atoms with Gasteiger partial charge in [0.25, 0.3) is 5.91 Å². The van der Waals surface area contributed by atoms with E-state index in [1.165, 1.54) is 23.9 Å².